The monoisotopic (exact) mass is 298 g/mol. The molecule has 1 unspecified atom stereocenters. The molecule has 19 heavy (non-hydrogen) atoms. The average Bonchev–Trinajstić information content (AvgIpc) is 2.42. The molecule has 1 atom stereocenters. The number of hydrogen-bond donors (Lipinski definition) is 0. The first-order valence-electron chi connectivity index (χ1n) is 7.10. The number of fused-ring (bicyclic) bond motifs is 1. The van der Waals surface area contributed by atoms with Gasteiger partial charge in [-0.2, -0.15) is 0 Å². The van der Waals surface area contributed by atoms with Crippen LogP contribution in [0.5, 0.6) is 0 Å². The van der Waals surface area contributed by atoms with Crippen molar-refractivity contribution in [1.29, 1.82) is 0 Å². The number of nitrogens with zero attached hydrogens (tertiary/aromatic N) is 2. The molecule has 2 nitrogen and oxygen atoms in total. The molecular weight excluding hydrogens is 279 g/mol. The van der Waals surface area contributed by atoms with Gasteiger partial charge in [-0.1, -0.05) is 29.6 Å². The molecule has 0 spiro atoms. The Morgan fingerprint density at radius 1 is 1.05 bits per heavy atom. The van der Waals surface area contributed by atoms with E-state index in [4.69, 9.17) is 23.2 Å². The van der Waals surface area contributed by atoms with Crippen molar-refractivity contribution in [2.45, 2.75) is 32.2 Å². The molecule has 1 aromatic carbocycles. The highest BCUT2D eigenvalue weighted by atomic mass is 35.5. The quantitative estimate of drug-likeness (QED) is 0.774. The van der Waals surface area contributed by atoms with Crippen LogP contribution in [-0.4, -0.2) is 37.1 Å². The van der Waals surface area contributed by atoms with Crippen LogP contribution in [0.25, 0.3) is 0 Å². The van der Waals surface area contributed by atoms with Gasteiger partial charge in [-0.3, -0.25) is 4.90 Å². The second kappa shape index (κ2) is 5.51. The number of rotatable bonds is 1. The number of hydrogen-bond acceptors (Lipinski definition) is 2. The van der Waals surface area contributed by atoms with Gasteiger partial charge in [0.25, 0.3) is 0 Å². The molecule has 0 saturated carbocycles. The van der Waals surface area contributed by atoms with Crippen LogP contribution >= 0.6 is 23.2 Å². The van der Waals surface area contributed by atoms with Gasteiger partial charge in [0.05, 0.1) is 10.7 Å². The van der Waals surface area contributed by atoms with Gasteiger partial charge in [-0.25, -0.2) is 0 Å². The van der Waals surface area contributed by atoms with Crippen LogP contribution in [0, 0.1) is 6.92 Å². The molecule has 0 N–H and O–H groups in total. The highest BCUT2D eigenvalue weighted by molar-refractivity contribution is 6.35. The third-order valence-corrected chi connectivity index (χ3v) is 5.12. The topological polar surface area (TPSA) is 6.48 Å². The van der Waals surface area contributed by atoms with Gasteiger partial charge < -0.3 is 4.90 Å². The molecule has 2 aliphatic heterocycles. The Morgan fingerprint density at radius 2 is 1.89 bits per heavy atom. The van der Waals surface area contributed by atoms with Gasteiger partial charge >= 0.3 is 0 Å². The molecule has 0 aromatic heterocycles. The smallest absolute Gasteiger partial charge is 0.0643 e. The van der Waals surface area contributed by atoms with Crippen molar-refractivity contribution in [2.24, 2.45) is 0 Å². The van der Waals surface area contributed by atoms with Crippen molar-refractivity contribution in [3.63, 3.8) is 0 Å². The Kier molecular flexibility index (Phi) is 3.93. The van der Waals surface area contributed by atoms with Crippen molar-refractivity contribution in [3.05, 3.63) is 27.7 Å². The third kappa shape index (κ3) is 2.72. The van der Waals surface area contributed by atoms with E-state index in [1.807, 2.05) is 19.1 Å². The molecule has 0 radical (unpaired) electrons. The zero-order valence-corrected chi connectivity index (χ0v) is 12.8. The lowest BCUT2D eigenvalue weighted by Gasteiger charge is -2.45. The summed E-state index contributed by atoms with van der Waals surface area (Å²) in [5, 5.41) is 1.64. The fourth-order valence-corrected chi connectivity index (χ4v) is 3.75. The SMILES string of the molecule is Cc1cc(Cl)c(N2CCN3CCCCC3C2)cc1Cl. The summed E-state index contributed by atoms with van der Waals surface area (Å²) in [6.07, 6.45) is 4.03. The first-order valence-corrected chi connectivity index (χ1v) is 7.85. The van der Waals surface area contributed by atoms with Crippen molar-refractivity contribution in [3.8, 4) is 0 Å². The van der Waals surface area contributed by atoms with Crippen molar-refractivity contribution in [1.82, 2.24) is 4.90 Å². The molecule has 2 fully saturated rings. The van der Waals surface area contributed by atoms with E-state index in [2.05, 4.69) is 9.80 Å². The molecule has 104 valence electrons. The van der Waals surface area contributed by atoms with E-state index in [-0.39, 0.29) is 0 Å². The maximum atomic E-state index is 6.40. The number of piperidine rings is 1. The Bertz CT molecular complexity index is 475. The van der Waals surface area contributed by atoms with E-state index in [1.54, 1.807) is 0 Å². The Labute approximate surface area is 125 Å². The number of anilines is 1. The van der Waals surface area contributed by atoms with E-state index < -0.39 is 0 Å². The predicted molar refractivity (Wildman–Crippen MR) is 82.6 cm³/mol. The van der Waals surface area contributed by atoms with Crippen LogP contribution in [0.2, 0.25) is 10.0 Å². The van der Waals surface area contributed by atoms with Gasteiger partial charge in [-0.15, -0.1) is 0 Å². The fraction of sp³-hybridized carbons (Fsp3) is 0.600. The van der Waals surface area contributed by atoms with Gasteiger partial charge in [0.1, 0.15) is 0 Å². The molecule has 4 heteroatoms. The van der Waals surface area contributed by atoms with Crippen LogP contribution in [0.4, 0.5) is 5.69 Å². The fourth-order valence-electron chi connectivity index (χ4n) is 3.25. The van der Waals surface area contributed by atoms with Crippen LogP contribution < -0.4 is 4.90 Å². The molecule has 1 aromatic rings. The first-order chi connectivity index (χ1) is 9.15. The summed E-state index contributed by atoms with van der Waals surface area (Å²) in [5.41, 5.74) is 2.15. The lowest BCUT2D eigenvalue weighted by atomic mass is 9.99. The highest BCUT2D eigenvalue weighted by Crippen LogP contribution is 2.34. The number of aryl methyl sites for hydroxylation is 1. The largest absolute Gasteiger partial charge is 0.367 e. The Morgan fingerprint density at radius 3 is 2.74 bits per heavy atom. The highest BCUT2D eigenvalue weighted by Gasteiger charge is 2.29. The first kappa shape index (κ1) is 13.5. The summed E-state index contributed by atoms with van der Waals surface area (Å²) < 4.78 is 0. The van der Waals surface area contributed by atoms with Crippen molar-refractivity contribution in [2.75, 3.05) is 31.1 Å². The summed E-state index contributed by atoms with van der Waals surface area (Å²) in [4.78, 5) is 5.03. The minimum Gasteiger partial charge on any atom is -0.367 e. The molecule has 0 aliphatic carbocycles. The van der Waals surface area contributed by atoms with Crippen LogP contribution in [0.3, 0.4) is 0 Å². The number of halogens is 2. The maximum absolute atomic E-state index is 6.40. The van der Waals surface area contributed by atoms with Gasteiger partial charge in [0.2, 0.25) is 0 Å². The summed E-state index contributed by atoms with van der Waals surface area (Å²) in [5.74, 6) is 0. The molecule has 0 bridgehead atoms. The van der Waals surface area contributed by atoms with Crippen LogP contribution in [-0.2, 0) is 0 Å². The van der Waals surface area contributed by atoms with Gasteiger partial charge in [0.15, 0.2) is 0 Å². The standard InChI is InChI=1S/C15H20Cl2N2/c1-11-8-14(17)15(9-13(11)16)19-7-6-18-5-3-2-4-12(18)10-19/h8-9,12H,2-7,10H2,1H3. The summed E-state index contributed by atoms with van der Waals surface area (Å²) in [6, 6.07) is 4.70. The summed E-state index contributed by atoms with van der Waals surface area (Å²) in [7, 11) is 0. The average molecular weight is 299 g/mol. The number of piperazine rings is 1. The van der Waals surface area contributed by atoms with E-state index in [0.29, 0.717) is 6.04 Å². The van der Waals surface area contributed by atoms with Crippen LogP contribution in [0.1, 0.15) is 24.8 Å². The lowest BCUT2D eigenvalue weighted by Crippen LogP contribution is -2.55. The van der Waals surface area contributed by atoms with Crippen LogP contribution in [0.15, 0.2) is 12.1 Å². The Balaban J connectivity index is 1.81. The zero-order valence-electron chi connectivity index (χ0n) is 11.3. The van der Waals surface area contributed by atoms with Crippen molar-refractivity contribution < 1.29 is 0 Å². The van der Waals surface area contributed by atoms with E-state index in [0.717, 1.165) is 40.9 Å². The second-order valence-corrected chi connectivity index (χ2v) is 6.50. The minimum atomic E-state index is 0.693. The summed E-state index contributed by atoms with van der Waals surface area (Å²) >= 11 is 12.6. The van der Waals surface area contributed by atoms with E-state index in [1.165, 1.54) is 25.8 Å². The van der Waals surface area contributed by atoms with Gasteiger partial charge in [-0.05, 0) is 44.0 Å². The number of benzene rings is 1. The van der Waals surface area contributed by atoms with E-state index >= 15 is 0 Å². The second-order valence-electron chi connectivity index (χ2n) is 5.68. The molecule has 2 heterocycles. The van der Waals surface area contributed by atoms with E-state index in [9.17, 15) is 0 Å². The Hall–Kier alpha value is -0.440. The van der Waals surface area contributed by atoms with Gasteiger partial charge in [0, 0.05) is 30.7 Å². The minimum absolute atomic E-state index is 0.693. The molecule has 2 aliphatic rings. The maximum Gasteiger partial charge on any atom is 0.0643 e. The zero-order chi connectivity index (χ0) is 13.4. The molecule has 0 amide bonds. The third-order valence-electron chi connectivity index (χ3n) is 4.41. The molecular formula is C15H20Cl2N2. The normalized spacial score (nSPS) is 24.4. The summed E-state index contributed by atoms with van der Waals surface area (Å²) in [6.45, 7) is 6.54. The molecule has 3 rings (SSSR count). The predicted octanol–water partition coefficient (Wildman–Crippen LogP) is 3.98. The lowest BCUT2D eigenvalue weighted by molar-refractivity contribution is 0.133. The van der Waals surface area contributed by atoms with Crippen molar-refractivity contribution >= 4 is 28.9 Å². The molecule has 2 saturated heterocycles.